The predicted octanol–water partition coefficient (Wildman–Crippen LogP) is 5.29. The van der Waals surface area contributed by atoms with Gasteiger partial charge in [-0.1, -0.05) is 59.6 Å². The Labute approximate surface area is 183 Å². The number of allylic oxidation sites excluding steroid dienone is 1. The Hall–Kier alpha value is -3.08. The van der Waals surface area contributed by atoms with Gasteiger partial charge in [-0.2, -0.15) is 8.97 Å². The SMILES string of the molecule is Cc1cccn2c(=O)c(-c3cc(Cl)cc(Cl)c3)c(O)[n+](CC=Cc3ccccc3)c12. The van der Waals surface area contributed by atoms with Crippen molar-refractivity contribution in [3.63, 3.8) is 0 Å². The van der Waals surface area contributed by atoms with E-state index in [0.29, 0.717) is 27.8 Å². The summed E-state index contributed by atoms with van der Waals surface area (Å²) in [4.78, 5) is 13.3. The summed E-state index contributed by atoms with van der Waals surface area (Å²) >= 11 is 12.3. The van der Waals surface area contributed by atoms with Gasteiger partial charge in [0.1, 0.15) is 6.54 Å². The number of pyridine rings is 1. The van der Waals surface area contributed by atoms with Crippen molar-refractivity contribution in [2.24, 2.45) is 0 Å². The molecule has 0 spiro atoms. The molecule has 150 valence electrons. The molecule has 2 aromatic heterocycles. The van der Waals surface area contributed by atoms with Crippen molar-refractivity contribution >= 4 is 34.9 Å². The van der Waals surface area contributed by atoms with Crippen LogP contribution in [0, 0.1) is 6.92 Å². The maximum absolute atomic E-state index is 13.3. The Morgan fingerprint density at radius 2 is 1.73 bits per heavy atom. The molecular formula is C24H19Cl2N2O2+. The number of hydrogen-bond donors (Lipinski definition) is 1. The first-order valence-electron chi connectivity index (χ1n) is 9.40. The molecule has 0 unspecified atom stereocenters. The first kappa shape index (κ1) is 20.2. The molecule has 2 aromatic carbocycles. The third-order valence-corrected chi connectivity index (χ3v) is 5.32. The lowest BCUT2D eigenvalue weighted by atomic mass is 10.1. The van der Waals surface area contributed by atoms with Crippen LogP contribution < -0.4 is 10.1 Å². The van der Waals surface area contributed by atoms with Gasteiger partial charge in [-0.15, -0.1) is 0 Å². The summed E-state index contributed by atoms with van der Waals surface area (Å²) in [6, 6.07) is 18.4. The summed E-state index contributed by atoms with van der Waals surface area (Å²) < 4.78 is 3.25. The Morgan fingerprint density at radius 1 is 1.03 bits per heavy atom. The highest BCUT2D eigenvalue weighted by atomic mass is 35.5. The summed E-state index contributed by atoms with van der Waals surface area (Å²) in [5.74, 6) is -0.134. The fraction of sp³-hybridized carbons (Fsp3) is 0.0833. The van der Waals surface area contributed by atoms with Gasteiger partial charge in [0.2, 0.25) is 0 Å². The van der Waals surface area contributed by atoms with E-state index < -0.39 is 0 Å². The van der Waals surface area contributed by atoms with Gasteiger partial charge in [0.25, 0.3) is 11.5 Å². The predicted molar refractivity (Wildman–Crippen MR) is 121 cm³/mol. The summed E-state index contributed by atoms with van der Waals surface area (Å²) in [6.45, 7) is 2.28. The van der Waals surface area contributed by atoms with Gasteiger partial charge >= 0.3 is 5.56 Å². The van der Waals surface area contributed by atoms with Crippen LogP contribution in [-0.2, 0) is 6.54 Å². The average molecular weight is 438 g/mol. The molecule has 0 fully saturated rings. The first-order chi connectivity index (χ1) is 14.5. The smallest absolute Gasteiger partial charge is 0.354 e. The number of halogens is 2. The number of aryl methyl sites for hydroxylation is 1. The second-order valence-electron chi connectivity index (χ2n) is 6.97. The zero-order valence-corrected chi connectivity index (χ0v) is 17.7. The highest BCUT2D eigenvalue weighted by Crippen LogP contribution is 2.29. The van der Waals surface area contributed by atoms with Crippen LogP contribution in [0.3, 0.4) is 0 Å². The normalized spacial score (nSPS) is 11.4. The summed E-state index contributed by atoms with van der Waals surface area (Å²) in [5.41, 5.74) is 2.81. The van der Waals surface area contributed by atoms with E-state index in [1.165, 1.54) is 4.40 Å². The third kappa shape index (κ3) is 3.84. The zero-order chi connectivity index (χ0) is 21.3. The Kier molecular flexibility index (Phi) is 5.62. The number of nitrogens with zero attached hydrogens (tertiary/aromatic N) is 2. The topological polar surface area (TPSA) is 45.6 Å². The van der Waals surface area contributed by atoms with Crippen LogP contribution in [0.2, 0.25) is 10.0 Å². The lowest BCUT2D eigenvalue weighted by molar-refractivity contribution is -0.670. The molecular weight excluding hydrogens is 419 g/mol. The molecule has 30 heavy (non-hydrogen) atoms. The molecule has 0 saturated heterocycles. The number of rotatable bonds is 4. The quantitative estimate of drug-likeness (QED) is 0.441. The van der Waals surface area contributed by atoms with E-state index in [2.05, 4.69) is 0 Å². The maximum atomic E-state index is 13.3. The minimum atomic E-state index is -0.340. The Balaban J connectivity index is 1.94. The minimum Gasteiger partial charge on any atom is -0.477 e. The van der Waals surface area contributed by atoms with Crippen molar-refractivity contribution in [3.8, 4) is 17.0 Å². The molecule has 0 atom stereocenters. The van der Waals surface area contributed by atoms with Crippen LogP contribution in [0.4, 0.5) is 0 Å². The van der Waals surface area contributed by atoms with Gasteiger partial charge in [-0.3, -0.25) is 0 Å². The van der Waals surface area contributed by atoms with E-state index in [9.17, 15) is 9.90 Å². The molecule has 0 aliphatic heterocycles. The fourth-order valence-electron chi connectivity index (χ4n) is 3.55. The van der Waals surface area contributed by atoms with Crippen molar-refractivity contribution < 1.29 is 9.67 Å². The highest BCUT2D eigenvalue weighted by Gasteiger charge is 2.26. The van der Waals surface area contributed by atoms with Crippen molar-refractivity contribution in [3.05, 3.63) is 104 Å². The van der Waals surface area contributed by atoms with Gasteiger partial charge in [-0.25, -0.2) is 4.79 Å². The molecule has 0 aliphatic carbocycles. The second kappa shape index (κ2) is 8.34. The maximum Gasteiger partial charge on any atom is 0.354 e. The van der Waals surface area contributed by atoms with Crippen LogP contribution >= 0.6 is 23.2 Å². The highest BCUT2D eigenvalue weighted by molar-refractivity contribution is 6.35. The molecule has 4 rings (SSSR count). The van der Waals surface area contributed by atoms with Crippen LogP contribution in [-0.4, -0.2) is 9.51 Å². The molecule has 0 radical (unpaired) electrons. The fourth-order valence-corrected chi connectivity index (χ4v) is 4.07. The van der Waals surface area contributed by atoms with Crippen molar-refractivity contribution in [2.75, 3.05) is 0 Å². The van der Waals surface area contributed by atoms with E-state index in [4.69, 9.17) is 23.2 Å². The number of fused-ring (bicyclic) bond motifs is 1. The monoisotopic (exact) mass is 437 g/mol. The molecule has 4 nitrogen and oxygen atoms in total. The molecule has 1 N–H and O–H groups in total. The van der Waals surface area contributed by atoms with E-state index in [0.717, 1.165) is 11.1 Å². The molecule has 0 aliphatic rings. The Morgan fingerprint density at radius 3 is 2.43 bits per heavy atom. The lowest BCUT2D eigenvalue weighted by Crippen LogP contribution is -2.41. The van der Waals surface area contributed by atoms with Crippen molar-refractivity contribution in [2.45, 2.75) is 13.5 Å². The molecule has 0 amide bonds. The van der Waals surface area contributed by atoms with E-state index in [-0.39, 0.29) is 17.0 Å². The van der Waals surface area contributed by atoms with Gasteiger partial charge in [0.15, 0.2) is 5.56 Å². The van der Waals surface area contributed by atoms with E-state index in [1.54, 1.807) is 35.0 Å². The third-order valence-electron chi connectivity index (χ3n) is 4.88. The molecule has 6 heteroatoms. The van der Waals surface area contributed by atoms with Crippen LogP contribution in [0.15, 0.2) is 77.7 Å². The zero-order valence-electron chi connectivity index (χ0n) is 16.2. The van der Waals surface area contributed by atoms with Crippen LogP contribution in [0.5, 0.6) is 5.88 Å². The van der Waals surface area contributed by atoms with E-state index >= 15 is 0 Å². The van der Waals surface area contributed by atoms with Gasteiger partial charge in [-0.05, 0) is 48.9 Å². The van der Waals surface area contributed by atoms with Gasteiger partial charge in [0, 0.05) is 21.2 Å². The minimum absolute atomic E-state index is 0.134. The van der Waals surface area contributed by atoms with Crippen LogP contribution in [0.1, 0.15) is 11.1 Å². The summed E-state index contributed by atoms with van der Waals surface area (Å²) in [6.07, 6.45) is 5.61. The number of aromatic hydroxyl groups is 1. The van der Waals surface area contributed by atoms with Crippen molar-refractivity contribution in [1.29, 1.82) is 0 Å². The van der Waals surface area contributed by atoms with E-state index in [1.807, 2.05) is 55.5 Å². The molecule has 0 bridgehead atoms. The largest absolute Gasteiger partial charge is 0.477 e. The Bertz CT molecular complexity index is 1310. The number of benzene rings is 2. The number of aromatic nitrogens is 2. The van der Waals surface area contributed by atoms with Crippen LogP contribution in [0.25, 0.3) is 22.9 Å². The average Bonchev–Trinajstić information content (AvgIpc) is 2.71. The first-order valence-corrected chi connectivity index (χ1v) is 10.2. The molecule has 2 heterocycles. The molecule has 0 saturated carbocycles. The summed E-state index contributed by atoms with van der Waals surface area (Å²) in [5, 5.41) is 11.9. The van der Waals surface area contributed by atoms with Crippen molar-refractivity contribution in [1.82, 2.24) is 4.40 Å². The second-order valence-corrected chi connectivity index (χ2v) is 7.84. The van der Waals surface area contributed by atoms with Gasteiger partial charge < -0.3 is 5.11 Å². The summed E-state index contributed by atoms with van der Waals surface area (Å²) in [7, 11) is 0. The number of hydrogen-bond acceptors (Lipinski definition) is 2. The lowest BCUT2D eigenvalue weighted by Gasteiger charge is -2.10. The van der Waals surface area contributed by atoms with Gasteiger partial charge in [0.05, 0.1) is 6.20 Å². The standard InChI is InChI=1S/C24H18Cl2N2O2/c1-16-7-5-11-27-22(16)28(12-6-10-17-8-3-2-4-9-17)24(30)21(23(27)29)18-13-19(25)15-20(26)14-18/h2-11,13-15H,12H2,1H3/p+1. The molecule has 4 aromatic rings.